The molecule has 1 heterocycles. The van der Waals surface area contributed by atoms with Gasteiger partial charge in [-0.1, -0.05) is 6.92 Å². The van der Waals surface area contributed by atoms with Gasteiger partial charge in [-0.15, -0.1) is 0 Å². The van der Waals surface area contributed by atoms with Crippen LogP contribution >= 0.6 is 0 Å². The molecule has 1 aromatic heterocycles. The van der Waals surface area contributed by atoms with E-state index < -0.39 is 18.0 Å². The highest BCUT2D eigenvalue weighted by atomic mass is 19.1. The third-order valence-electron chi connectivity index (χ3n) is 2.05. The van der Waals surface area contributed by atoms with E-state index in [0.29, 0.717) is 12.1 Å². The predicted octanol–water partition coefficient (Wildman–Crippen LogP) is 0.811. The van der Waals surface area contributed by atoms with Crippen LogP contribution in [0, 0.1) is 5.82 Å². The molecule has 0 fully saturated rings. The molecule has 1 atom stereocenters. The van der Waals surface area contributed by atoms with E-state index in [1.54, 1.807) is 6.92 Å². The van der Waals surface area contributed by atoms with Gasteiger partial charge in [0, 0.05) is 0 Å². The van der Waals surface area contributed by atoms with E-state index in [1.165, 1.54) is 12.1 Å². The molecule has 0 bridgehead atoms. The van der Waals surface area contributed by atoms with E-state index in [1.807, 2.05) is 0 Å². The van der Waals surface area contributed by atoms with E-state index in [2.05, 4.69) is 4.98 Å². The van der Waals surface area contributed by atoms with E-state index in [9.17, 15) is 9.50 Å². The Morgan fingerprint density at radius 1 is 1.54 bits per heavy atom. The lowest BCUT2D eigenvalue weighted by atomic mass is 9.97. The van der Waals surface area contributed by atoms with Gasteiger partial charge in [-0.05, 0) is 18.6 Å². The molecule has 13 heavy (non-hydrogen) atoms. The monoisotopic (exact) mass is 185 g/mol. The van der Waals surface area contributed by atoms with Crippen LogP contribution < -0.4 is 0 Å². The molecule has 0 amide bonds. The highest BCUT2D eigenvalue weighted by Gasteiger charge is 2.27. The summed E-state index contributed by atoms with van der Waals surface area (Å²) >= 11 is 0. The Kier molecular flexibility index (Phi) is 2.95. The van der Waals surface area contributed by atoms with E-state index in [-0.39, 0.29) is 0 Å². The largest absolute Gasteiger partial charge is 0.393 e. The van der Waals surface area contributed by atoms with Crippen LogP contribution in [-0.4, -0.2) is 21.8 Å². The van der Waals surface area contributed by atoms with Crippen LogP contribution in [0.1, 0.15) is 19.0 Å². The standard InChI is InChI=1S/C9H12FNO2/c1-2-9(13,6-12)8-4-3-7(10)5-11-8/h3-5,12-13H,2,6H2,1H3. The first-order valence-electron chi connectivity index (χ1n) is 4.07. The maximum Gasteiger partial charge on any atom is 0.141 e. The van der Waals surface area contributed by atoms with Crippen molar-refractivity contribution in [2.75, 3.05) is 6.61 Å². The fourth-order valence-electron chi connectivity index (χ4n) is 1.03. The molecule has 0 aliphatic carbocycles. The second-order valence-electron chi connectivity index (χ2n) is 2.90. The quantitative estimate of drug-likeness (QED) is 0.732. The van der Waals surface area contributed by atoms with Crippen LogP contribution in [0.25, 0.3) is 0 Å². The van der Waals surface area contributed by atoms with Crippen molar-refractivity contribution in [1.82, 2.24) is 4.98 Å². The normalized spacial score (nSPS) is 15.4. The summed E-state index contributed by atoms with van der Waals surface area (Å²) in [5, 5.41) is 18.7. The molecule has 0 saturated carbocycles. The molecular formula is C9H12FNO2. The molecule has 0 radical (unpaired) electrons. The first-order chi connectivity index (χ1) is 6.12. The molecule has 0 aliphatic rings. The fourth-order valence-corrected chi connectivity index (χ4v) is 1.03. The topological polar surface area (TPSA) is 53.4 Å². The molecular weight excluding hydrogens is 173 g/mol. The number of hydrogen-bond acceptors (Lipinski definition) is 3. The third kappa shape index (κ3) is 2.02. The zero-order chi connectivity index (χ0) is 9.90. The van der Waals surface area contributed by atoms with Crippen molar-refractivity contribution in [2.45, 2.75) is 18.9 Å². The molecule has 3 nitrogen and oxygen atoms in total. The Labute approximate surface area is 75.9 Å². The zero-order valence-corrected chi connectivity index (χ0v) is 7.37. The maximum atomic E-state index is 12.5. The smallest absolute Gasteiger partial charge is 0.141 e. The van der Waals surface area contributed by atoms with Gasteiger partial charge in [0.15, 0.2) is 0 Å². The van der Waals surface area contributed by atoms with Gasteiger partial charge in [0.1, 0.15) is 11.4 Å². The summed E-state index contributed by atoms with van der Waals surface area (Å²) in [7, 11) is 0. The van der Waals surface area contributed by atoms with E-state index >= 15 is 0 Å². The molecule has 4 heteroatoms. The summed E-state index contributed by atoms with van der Waals surface area (Å²) in [6, 6.07) is 2.58. The van der Waals surface area contributed by atoms with Crippen LogP contribution in [0.3, 0.4) is 0 Å². The molecule has 72 valence electrons. The molecule has 2 N–H and O–H groups in total. The number of nitrogens with zero attached hydrogens (tertiary/aromatic N) is 1. The van der Waals surface area contributed by atoms with Gasteiger partial charge in [0.25, 0.3) is 0 Å². The number of pyridine rings is 1. The second-order valence-corrected chi connectivity index (χ2v) is 2.90. The van der Waals surface area contributed by atoms with Crippen molar-refractivity contribution in [3.8, 4) is 0 Å². The van der Waals surface area contributed by atoms with Crippen LogP contribution in [0.5, 0.6) is 0 Å². The zero-order valence-electron chi connectivity index (χ0n) is 7.37. The van der Waals surface area contributed by atoms with Gasteiger partial charge in [-0.3, -0.25) is 4.98 Å². The van der Waals surface area contributed by atoms with Crippen LogP contribution in [-0.2, 0) is 5.60 Å². The number of aliphatic hydroxyl groups is 2. The minimum atomic E-state index is -1.35. The maximum absolute atomic E-state index is 12.5. The molecule has 0 aliphatic heterocycles. The minimum absolute atomic E-state index is 0.291. The molecule has 0 saturated heterocycles. The lowest BCUT2D eigenvalue weighted by Crippen LogP contribution is -2.30. The highest BCUT2D eigenvalue weighted by molar-refractivity contribution is 5.13. The molecule has 0 aromatic carbocycles. The molecule has 1 unspecified atom stereocenters. The van der Waals surface area contributed by atoms with Crippen molar-refractivity contribution in [2.24, 2.45) is 0 Å². The van der Waals surface area contributed by atoms with Crippen LogP contribution in [0.4, 0.5) is 4.39 Å². The van der Waals surface area contributed by atoms with E-state index in [4.69, 9.17) is 5.11 Å². The van der Waals surface area contributed by atoms with Gasteiger partial charge in [0.05, 0.1) is 18.5 Å². The lowest BCUT2D eigenvalue weighted by Gasteiger charge is -2.22. The lowest BCUT2D eigenvalue weighted by molar-refractivity contribution is -0.0258. The van der Waals surface area contributed by atoms with Gasteiger partial charge < -0.3 is 10.2 Å². The average Bonchev–Trinajstić information content (AvgIpc) is 2.18. The summed E-state index contributed by atoms with van der Waals surface area (Å²) in [6.07, 6.45) is 1.35. The number of hydrogen-bond donors (Lipinski definition) is 2. The van der Waals surface area contributed by atoms with Crippen molar-refractivity contribution in [3.05, 3.63) is 29.8 Å². The summed E-state index contributed by atoms with van der Waals surface area (Å²) in [6.45, 7) is 1.31. The predicted molar refractivity (Wildman–Crippen MR) is 45.5 cm³/mol. The Morgan fingerprint density at radius 2 is 2.23 bits per heavy atom. The Balaban J connectivity index is 2.99. The summed E-state index contributed by atoms with van der Waals surface area (Å²) in [5.41, 5.74) is -1.06. The summed E-state index contributed by atoms with van der Waals surface area (Å²) in [4.78, 5) is 3.71. The number of halogens is 1. The average molecular weight is 185 g/mol. The second kappa shape index (κ2) is 3.81. The first-order valence-corrected chi connectivity index (χ1v) is 4.07. The first kappa shape index (κ1) is 10.1. The minimum Gasteiger partial charge on any atom is -0.393 e. The summed E-state index contributed by atoms with van der Waals surface area (Å²) < 4.78 is 12.5. The third-order valence-corrected chi connectivity index (χ3v) is 2.05. The SMILES string of the molecule is CCC(O)(CO)c1ccc(F)cn1. The van der Waals surface area contributed by atoms with Crippen LogP contribution in [0.2, 0.25) is 0 Å². The Morgan fingerprint density at radius 3 is 2.62 bits per heavy atom. The molecule has 1 aromatic rings. The highest BCUT2D eigenvalue weighted by Crippen LogP contribution is 2.21. The number of aliphatic hydroxyl groups excluding tert-OH is 1. The molecule has 0 spiro atoms. The number of rotatable bonds is 3. The Bertz CT molecular complexity index is 269. The van der Waals surface area contributed by atoms with Gasteiger partial charge in [-0.25, -0.2) is 4.39 Å². The van der Waals surface area contributed by atoms with Crippen molar-refractivity contribution in [3.63, 3.8) is 0 Å². The van der Waals surface area contributed by atoms with Crippen molar-refractivity contribution in [1.29, 1.82) is 0 Å². The van der Waals surface area contributed by atoms with Crippen LogP contribution in [0.15, 0.2) is 18.3 Å². The van der Waals surface area contributed by atoms with Crippen molar-refractivity contribution >= 4 is 0 Å². The van der Waals surface area contributed by atoms with Gasteiger partial charge in [-0.2, -0.15) is 0 Å². The van der Waals surface area contributed by atoms with E-state index in [0.717, 1.165) is 6.20 Å². The summed E-state index contributed by atoms with van der Waals surface area (Å²) in [5.74, 6) is -0.458. The van der Waals surface area contributed by atoms with Crippen molar-refractivity contribution < 1.29 is 14.6 Å². The number of aromatic nitrogens is 1. The van der Waals surface area contributed by atoms with Gasteiger partial charge >= 0.3 is 0 Å². The van der Waals surface area contributed by atoms with Gasteiger partial charge in [0.2, 0.25) is 0 Å². The fraction of sp³-hybridized carbons (Fsp3) is 0.444. The Hall–Kier alpha value is -1.00. The molecule has 1 rings (SSSR count).